The van der Waals surface area contributed by atoms with E-state index >= 15 is 0 Å². The summed E-state index contributed by atoms with van der Waals surface area (Å²) < 4.78 is 4.38. The molecular formula is C12H14N2OS. The lowest BCUT2D eigenvalue weighted by Crippen LogP contribution is -2.18. The molecular weight excluding hydrogens is 220 g/mol. The number of rotatable bonds is 4. The van der Waals surface area contributed by atoms with E-state index in [1.54, 1.807) is 0 Å². The van der Waals surface area contributed by atoms with Crippen LogP contribution >= 0.6 is 11.5 Å². The Labute approximate surface area is 98.3 Å². The minimum absolute atomic E-state index is 0.144. The number of hydrogen-bond donors (Lipinski definition) is 2. The minimum Gasteiger partial charge on any atom is -0.396 e. The van der Waals surface area contributed by atoms with Crippen LogP contribution in [-0.2, 0) is 0 Å². The number of anilines is 1. The van der Waals surface area contributed by atoms with Gasteiger partial charge in [0.15, 0.2) is 0 Å². The first-order valence-corrected chi connectivity index (χ1v) is 6.30. The van der Waals surface area contributed by atoms with E-state index in [0.717, 1.165) is 29.9 Å². The fraction of sp³-hybridized carbons (Fsp3) is 0.417. The van der Waals surface area contributed by atoms with Crippen molar-refractivity contribution in [2.75, 3.05) is 18.5 Å². The van der Waals surface area contributed by atoms with E-state index in [4.69, 9.17) is 0 Å². The first kappa shape index (κ1) is 10.1. The number of aliphatic hydroxyl groups excluding tert-OH is 1. The van der Waals surface area contributed by atoms with Gasteiger partial charge in [-0.25, -0.2) is 0 Å². The summed E-state index contributed by atoms with van der Waals surface area (Å²) in [4.78, 5) is 0. The molecule has 3 nitrogen and oxygen atoms in total. The Bertz CT molecular complexity index is 504. The Morgan fingerprint density at radius 1 is 1.38 bits per heavy atom. The van der Waals surface area contributed by atoms with Gasteiger partial charge in [0.05, 0.1) is 12.1 Å². The summed E-state index contributed by atoms with van der Waals surface area (Å²) in [6.07, 6.45) is 2.26. The van der Waals surface area contributed by atoms with Crippen LogP contribution in [0.25, 0.3) is 10.9 Å². The van der Waals surface area contributed by atoms with E-state index in [-0.39, 0.29) is 12.0 Å². The van der Waals surface area contributed by atoms with Crippen molar-refractivity contribution in [2.45, 2.75) is 12.8 Å². The standard InChI is InChI=1S/C12H14N2OS/c15-8-12(5-6-12)7-13-11-9-3-1-2-4-10(9)14-16-11/h1-4,13,15H,5-8H2. The van der Waals surface area contributed by atoms with Crippen LogP contribution in [0.15, 0.2) is 24.3 Å². The van der Waals surface area contributed by atoms with Crippen molar-refractivity contribution >= 4 is 27.4 Å². The Kier molecular flexibility index (Phi) is 2.33. The SMILES string of the molecule is OCC1(CNc2snc3ccccc23)CC1. The summed E-state index contributed by atoms with van der Waals surface area (Å²) in [5, 5.41) is 15.0. The molecule has 0 atom stereocenters. The molecule has 1 aromatic heterocycles. The van der Waals surface area contributed by atoms with E-state index in [1.807, 2.05) is 18.2 Å². The molecule has 1 aromatic carbocycles. The lowest BCUT2D eigenvalue weighted by molar-refractivity contribution is 0.220. The molecule has 0 aliphatic heterocycles. The molecule has 4 heteroatoms. The highest BCUT2D eigenvalue weighted by atomic mass is 32.1. The second kappa shape index (κ2) is 3.71. The maximum atomic E-state index is 9.25. The topological polar surface area (TPSA) is 45.1 Å². The number of nitrogens with zero attached hydrogens (tertiary/aromatic N) is 1. The maximum Gasteiger partial charge on any atom is 0.117 e. The summed E-state index contributed by atoms with van der Waals surface area (Å²) in [7, 11) is 0. The average Bonchev–Trinajstić information content (AvgIpc) is 3.01. The third kappa shape index (κ3) is 1.68. The van der Waals surface area contributed by atoms with E-state index < -0.39 is 0 Å². The summed E-state index contributed by atoms with van der Waals surface area (Å²) in [5.74, 6) is 0. The highest BCUT2D eigenvalue weighted by Crippen LogP contribution is 2.45. The predicted molar refractivity (Wildman–Crippen MR) is 66.9 cm³/mol. The van der Waals surface area contributed by atoms with E-state index in [0.29, 0.717) is 0 Å². The number of hydrogen-bond acceptors (Lipinski definition) is 4. The van der Waals surface area contributed by atoms with Gasteiger partial charge in [0.25, 0.3) is 0 Å². The summed E-state index contributed by atoms with van der Waals surface area (Å²) in [5.41, 5.74) is 1.19. The molecule has 0 unspecified atom stereocenters. The molecule has 0 spiro atoms. The highest BCUT2D eigenvalue weighted by molar-refractivity contribution is 7.11. The van der Waals surface area contributed by atoms with Gasteiger partial charge in [0.1, 0.15) is 5.00 Å². The quantitative estimate of drug-likeness (QED) is 0.854. The lowest BCUT2D eigenvalue weighted by Gasteiger charge is -2.12. The van der Waals surface area contributed by atoms with Gasteiger partial charge in [-0.05, 0) is 36.5 Å². The number of aromatic nitrogens is 1. The largest absolute Gasteiger partial charge is 0.396 e. The van der Waals surface area contributed by atoms with Gasteiger partial charge >= 0.3 is 0 Å². The molecule has 0 amide bonds. The monoisotopic (exact) mass is 234 g/mol. The first-order valence-electron chi connectivity index (χ1n) is 5.52. The average molecular weight is 234 g/mol. The van der Waals surface area contributed by atoms with Gasteiger partial charge in [-0.15, -0.1) is 0 Å². The van der Waals surface area contributed by atoms with Gasteiger partial charge < -0.3 is 10.4 Å². The Balaban J connectivity index is 1.79. The molecule has 1 saturated carbocycles. The zero-order valence-corrected chi connectivity index (χ0v) is 9.76. The van der Waals surface area contributed by atoms with Crippen LogP contribution in [0.1, 0.15) is 12.8 Å². The Morgan fingerprint density at radius 2 is 2.19 bits per heavy atom. The van der Waals surface area contributed by atoms with Crippen molar-refractivity contribution in [1.29, 1.82) is 0 Å². The Morgan fingerprint density at radius 3 is 2.94 bits per heavy atom. The molecule has 2 aromatic rings. The van der Waals surface area contributed by atoms with Crippen molar-refractivity contribution in [2.24, 2.45) is 5.41 Å². The number of nitrogens with one attached hydrogen (secondary N) is 1. The van der Waals surface area contributed by atoms with Crippen LogP contribution in [0.4, 0.5) is 5.00 Å². The first-order chi connectivity index (χ1) is 7.83. The number of aliphatic hydroxyl groups is 1. The Hall–Kier alpha value is -1.13. The van der Waals surface area contributed by atoms with Crippen LogP contribution < -0.4 is 5.32 Å². The zero-order valence-electron chi connectivity index (χ0n) is 8.94. The smallest absolute Gasteiger partial charge is 0.117 e. The van der Waals surface area contributed by atoms with Crippen molar-refractivity contribution in [3.63, 3.8) is 0 Å². The fourth-order valence-electron chi connectivity index (χ4n) is 1.85. The zero-order chi connectivity index (χ0) is 11.0. The van der Waals surface area contributed by atoms with Crippen LogP contribution in [0.5, 0.6) is 0 Å². The van der Waals surface area contributed by atoms with Crippen LogP contribution in [0, 0.1) is 5.41 Å². The number of benzene rings is 1. The third-order valence-corrected chi connectivity index (χ3v) is 4.14. The third-order valence-electron chi connectivity index (χ3n) is 3.30. The number of fused-ring (bicyclic) bond motifs is 1. The maximum absolute atomic E-state index is 9.25. The molecule has 2 N–H and O–H groups in total. The van der Waals surface area contributed by atoms with Crippen LogP contribution in [0.3, 0.4) is 0 Å². The molecule has 1 aliphatic carbocycles. The molecule has 1 fully saturated rings. The molecule has 0 radical (unpaired) electrons. The summed E-state index contributed by atoms with van der Waals surface area (Å²) >= 11 is 1.50. The summed E-state index contributed by atoms with van der Waals surface area (Å²) in [6.45, 7) is 1.15. The van der Waals surface area contributed by atoms with Crippen molar-refractivity contribution in [3.05, 3.63) is 24.3 Å². The van der Waals surface area contributed by atoms with Gasteiger partial charge in [-0.3, -0.25) is 0 Å². The van der Waals surface area contributed by atoms with Crippen molar-refractivity contribution in [3.8, 4) is 0 Å². The van der Waals surface area contributed by atoms with E-state index in [1.165, 1.54) is 16.9 Å². The molecule has 3 rings (SSSR count). The molecule has 1 aliphatic rings. The van der Waals surface area contributed by atoms with Gasteiger partial charge in [-0.1, -0.05) is 12.1 Å². The normalized spacial score (nSPS) is 17.6. The van der Waals surface area contributed by atoms with E-state index in [2.05, 4.69) is 15.8 Å². The van der Waals surface area contributed by atoms with Crippen molar-refractivity contribution in [1.82, 2.24) is 4.37 Å². The van der Waals surface area contributed by atoms with Gasteiger partial charge in [0, 0.05) is 17.3 Å². The van der Waals surface area contributed by atoms with Crippen molar-refractivity contribution < 1.29 is 5.11 Å². The molecule has 0 saturated heterocycles. The van der Waals surface area contributed by atoms with Gasteiger partial charge in [-0.2, -0.15) is 4.37 Å². The fourth-order valence-corrected chi connectivity index (χ4v) is 2.61. The molecule has 0 bridgehead atoms. The highest BCUT2D eigenvalue weighted by Gasteiger charge is 2.41. The van der Waals surface area contributed by atoms with Gasteiger partial charge in [0.2, 0.25) is 0 Å². The molecule has 1 heterocycles. The molecule has 16 heavy (non-hydrogen) atoms. The second-order valence-corrected chi connectivity index (χ2v) is 5.31. The minimum atomic E-state index is 0.144. The molecule has 84 valence electrons. The predicted octanol–water partition coefficient (Wildman–Crippen LogP) is 2.48. The summed E-state index contributed by atoms with van der Waals surface area (Å²) in [6, 6.07) is 8.14. The van der Waals surface area contributed by atoms with Crippen LogP contribution in [-0.4, -0.2) is 22.6 Å². The van der Waals surface area contributed by atoms with Crippen LogP contribution in [0.2, 0.25) is 0 Å². The second-order valence-electron chi connectivity index (χ2n) is 4.54. The van der Waals surface area contributed by atoms with E-state index in [9.17, 15) is 5.11 Å². The lowest BCUT2D eigenvalue weighted by atomic mass is 10.1.